The molecule has 0 unspecified atom stereocenters. The lowest BCUT2D eigenvalue weighted by molar-refractivity contribution is 0.0954. The minimum Gasteiger partial charge on any atom is -0.487 e. The maximum Gasteiger partial charge on any atom is 0.271 e. The second kappa shape index (κ2) is 10.4. The number of benzene rings is 3. The molecule has 148 valence electrons. The van der Waals surface area contributed by atoms with Gasteiger partial charge in [-0.25, -0.2) is 5.43 Å². The van der Waals surface area contributed by atoms with E-state index in [0.717, 1.165) is 29.6 Å². The Kier molecular flexibility index (Phi) is 7.91. The summed E-state index contributed by atoms with van der Waals surface area (Å²) in [6, 6.07) is 18.9. The van der Waals surface area contributed by atoms with Gasteiger partial charge < -0.3 is 4.74 Å². The van der Waals surface area contributed by atoms with E-state index in [-0.39, 0.29) is 5.91 Å². The first-order chi connectivity index (χ1) is 14.0. The fourth-order valence-electron chi connectivity index (χ4n) is 2.61. The van der Waals surface area contributed by atoms with Crippen LogP contribution in [0.15, 0.2) is 65.8 Å². The molecule has 0 aromatic heterocycles. The fraction of sp³-hybridized carbons (Fsp3) is 0.0909. The van der Waals surface area contributed by atoms with Gasteiger partial charge in [0.15, 0.2) is 0 Å². The van der Waals surface area contributed by atoms with Crippen molar-refractivity contribution in [2.45, 2.75) is 13.5 Å². The highest BCUT2D eigenvalue weighted by Gasteiger charge is 2.10. The number of hydrogen-bond acceptors (Lipinski definition) is 3. The predicted molar refractivity (Wildman–Crippen MR) is 134 cm³/mol. The highest BCUT2D eigenvalue weighted by Crippen LogP contribution is 2.30. The first-order valence-electron chi connectivity index (χ1n) is 8.70. The molecule has 7 heteroatoms. The maximum absolute atomic E-state index is 12.2. The molecule has 0 saturated heterocycles. The molecule has 0 aliphatic rings. The van der Waals surface area contributed by atoms with E-state index in [0.29, 0.717) is 17.2 Å². The van der Waals surface area contributed by atoms with E-state index < -0.39 is 0 Å². The Balaban J connectivity index is 1.67. The number of carbonyl (C=O) groups excluding carboxylic acids is 1. The molecule has 1 N–H and O–H groups in total. The summed E-state index contributed by atoms with van der Waals surface area (Å²) in [6.07, 6.45) is 1.62. The Morgan fingerprint density at radius 3 is 2.45 bits per heavy atom. The largest absolute Gasteiger partial charge is 0.487 e. The van der Waals surface area contributed by atoms with Gasteiger partial charge in [0.25, 0.3) is 5.91 Å². The first kappa shape index (κ1) is 22.0. The number of nitrogens with zero attached hydrogens (tertiary/aromatic N) is 1. The smallest absolute Gasteiger partial charge is 0.271 e. The minimum absolute atomic E-state index is 0.233. The summed E-state index contributed by atoms with van der Waals surface area (Å²) >= 11 is 10.7. The van der Waals surface area contributed by atoms with Gasteiger partial charge in [-0.05, 0) is 87.5 Å². The lowest BCUT2D eigenvalue weighted by Gasteiger charge is -2.12. The lowest BCUT2D eigenvalue weighted by atomic mass is 10.1. The Bertz CT molecular complexity index is 1050. The van der Waals surface area contributed by atoms with E-state index in [1.165, 1.54) is 0 Å². The normalized spacial score (nSPS) is 10.9. The first-order valence-corrected chi connectivity index (χ1v) is 11.2. The summed E-state index contributed by atoms with van der Waals surface area (Å²) < 4.78 is 7.89. The van der Waals surface area contributed by atoms with Gasteiger partial charge in [0.1, 0.15) is 12.4 Å². The van der Waals surface area contributed by atoms with Crippen molar-refractivity contribution in [3.63, 3.8) is 0 Å². The summed E-state index contributed by atoms with van der Waals surface area (Å²) in [5.74, 6) is 0.565. The van der Waals surface area contributed by atoms with Crippen molar-refractivity contribution < 1.29 is 9.53 Å². The quantitative estimate of drug-likeness (QED) is 0.200. The van der Waals surface area contributed by atoms with Crippen LogP contribution in [0.5, 0.6) is 5.75 Å². The van der Waals surface area contributed by atoms with Crippen molar-refractivity contribution >= 4 is 68.9 Å². The van der Waals surface area contributed by atoms with E-state index >= 15 is 0 Å². The SMILES string of the molecule is Cc1ccccc1C(=O)N/N=C\c1cc(I)c(OCc2ccccc2Cl)c(I)c1. The van der Waals surface area contributed by atoms with Crippen LogP contribution >= 0.6 is 56.8 Å². The zero-order valence-corrected chi connectivity index (χ0v) is 20.5. The van der Waals surface area contributed by atoms with Crippen molar-refractivity contribution in [3.8, 4) is 5.75 Å². The molecule has 0 atom stereocenters. The number of ether oxygens (including phenoxy) is 1. The van der Waals surface area contributed by atoms with E-state index in [9.17, 15) is 4.79 Å². The molecule has 0 heterocycles. The minimum atomic E-state index is -0.233. The maximum atomic E-state index is 12.2. The number of aryl methyl sites for hydroxylation is 1. The summed E-state index contributed by atoms with van der Waals surface area (Å²) in [7, 11) is 0. The highest BCUT2D eigenvalue weighted by atomic mass is 127. The highest BCUT2D eigenvalue weighted by molar-refractivity contribution is 14.1. The number of rotatable bonds is 6. The van der Waals surface area contributed by atoms with E-state index in [1.54, 1.807) is 12.3 Å². The van der Waals surface area contributed by atoms with Gasteiger partial charge in [-0.15, -0.1) is 0 Å². The van der Waals surface area contributed by atoms with Crippen LogP contribution in [0.4, 0.5) is 0 Å². The number of carbonyl (C=O) groups is 1. The van der Waals surface area contributed by atoms with Crippen molar-refractivity contribution in [3.05, 3.63) is 95.1 Å². The Morgan fingerprint density at radius 1 is 1.10 bits per heavy atom. The molecule has 0 saturated carbocycles. The van der Waals surface area contributed by atoms with Crippen molar-refractivity contribution in [2.75, 3.05) is 0 Å². The number of halogens is 3. The van der Waals surface area contributed by atoms with Crippen LogP contribution in [0.25, 0.3) is 0 Å². The molecule has 0 fully saturated rings. The zero-order valence-electron chi connectivity index (χ0n) is 15.5. The Labute approximate surface area is 202 Å². The van der Waals surface area contributed by atoms with Gasteiger partial charge in [-0.2, -0.15) is 5.10 Å². The van der Waals surface area contributed by atoms with Crippen LogP contribution < -0.4 is 10.2 Å². The fourth-order valence-corrected chi connectivity index (χ4v) is 4.93. The van der Waals surface area contributed by atoms with Crippen LogP contribution in [0, 0.1) is 14.1 Å². The van der Waals surface area contributed by atoms with Crippen molar-refractivity contribution in [1.82, 2.24) is 5.43 Å². The summed E-state index contributed by atoms with van der Waals surface area (Å²) in [6.45, 7) is 2.29. The zero-order chi connectivity index (χ0) is 20.8. The molecule has 3 aromatic rings. The lowest BCUT2D eigenvalue weighted by Crippen LogP contribution is -2.18. The third-order valence-electron chi connectivity index (χ3n) is 4.12. The standard InChI is InChI=1S/C22H17ClI2N2O2/c1-14-6-2-4-8-17(14)22(28)27-26-12-15-10-19(24)21(20(25)11-15)29-13-16-7-3-5-9-18(16)23/h2-12H,13H2,1H3,(H,27,28)/b26-12-. The molecule has 0 radical (unpaired) electrons. The Hall–Kier alpha value is -1.65. The molecular weight excluding hydrogens is 614 g/mol. The Morgan fingerprint density at radius 2 is 1.76 bits per heavy atom. The summed E-state index contributed by atoms with van der Waals surface area (Å²) in [5, 5.41) is 4.77. The predicted octanol–water partition coefficient (Wildman–Crippen LogP) is 6.20. The van der Waals surface area contributed by atoms with Crippen LogP contribution in [-0.4, -0.2) is 12.1 Å². The van der Waals surface area contributed by atoms with Crippen LogP contribution in [0.2, 0.25) is 5.02 Å². The third-order valence-corrected chi connectivity index (χ3v) is 6.09. The van der Waals surface area contributed by atoms with E-state index in [1.807, 2.05) is 61.5 Å². The van der Waals surface area contributed by atoms with Crippen molar-refractivity contribution in [2.24, 2.45) is 5.10 Å². The molecule has 0 aliphatic carbocycles. The van der Waals surface area contributed by atoms with Gasteiger partial charge in [0.2, 0.25) is 0 Å². The van der Waals surface area contributed by atoms with Crippen molar-refractivity contribution in [1.29, 1.82) is 0 Å². The van der Waals surface area contributed by atoms with Crippen LogP contribution in [0.1, 0.15) is 27.0 Å². The second-order valence-corrected chi connectivity index (χ2v) is 8.94. The average Bonchev–Trinajstić information content (AvgIpc) is 2.69. The molecule has 3 aromatic carbocycles. The van der Waals surface area contributed by atoms with Crippen LogP contribution in [-0.2, 0) is 6.61 Å². The number of nitrogens with one attached hydrogen (secondary N) is 1. The number of hydrogen-bond donors (Lipinski definition) is 1. The average molecular weight is 631 g/mol. The molecule has 0 bridgehead atoms. The van der Waals surface area contributed by atoms with E-state index in [2.05, 4.69) is 55.7 Å². The number of amides is 1. The van der Waals surface area contributed by atoms with E-state index in [4.69, 9.17) is 16.3 Å². The van der Waals surface area contributed by atoms with Gasteiger partial charge >= 0.3 is 0 Å². The molecule has 1 amide bonds. The third kappa shape index (κ3) is 5.93. The van der Waals surface area contributed by atoms with Gasteiger partial charge in [-0.3, -0.25) is 4.79 Å². The van der Waals surface area contributed by atoms with Gasteiger partial charge in [0.05, 0.1) is 13.4 Å². The number of hydrazone groups is 1. The molecule has 3 rings (SSSR count). The topological polar surface area (TPSA) is 50.7 Å². The summed E-state index contributed by atoms with van der Waals surface area (Å²) in [4.78, 5) is 12.2. The molecule has 0 aliphatic heterocycles. The molecular formula is C22H17ClI2N2O2. The molecule has 0 spiro atoms. The molecule has 4 nitrogen and oxygen atoms in total. The van der Waals surface area contributed by atoms with Crippen LogP contribution in [0.3, 0.4) is 0 Å². The molecule has 29 heavy (non-hydrogen) atoms. The monoisotopic (exact) mass is 630 g/mol. The van der Waals surface area contributed by atoms with Gasteiger partial charge in [0, 0.05) is 16.1 Å². The summed E-state index contributed by atoms with van der Waals surface area (Å²) in [5.41, 5.74) is 5.89. The second-order valence-electron chi connectivity index (χ2n) is 6.21. The van der Waals surface area contributed by atoms with Gasteiger partial charge in [-0.1, -0.05) is 48.0 Å².